The van der Waals surface area contributed by atoms with E-state index in [1.54, 1.807) is 25.1 Å². The van der Waals surface area contributed by atoms with Crippen molar-refractivity contribution in [1.29, 1.82) is 0 Å². The Bertz CT molecular complexity index is 952. The quantitative estimate of drug-likeness (QED) is 0.714. The van der Waals surface area contributed by atoms with Crippen molar-refractivity contribution >= 4 is 29.4 Å². The maximum Gasteiger partial charge on any atom is 0.259 e. The molecule has 6 nitrogen and oxygen atoms in total. The van der Waals surface area contributed by atoms with E-state index in [0.717, 1.165) is 19.4 Å². The van der Waals surface area contributed by atoms with Crippen LogP contribution < -0.4 is 10.6 Å². The minimum absolute atomic E-state index is 0. The fourth-order valence-corrected chi connectivity index (χ4v) is 3.28. The van der Waals surface area contributed by atoms with E-state index in [-0.39, 0.29) is 24.1 Å². The number of amides is 1. The Hall–Kier alpha value is -2.51. The monoisotopic (exact) mass is 390 g/mol. The van der Waals surface area contributed by atoms with Crippen LogP contribution in [0.25, 0.3) is 22.4 Å². The van der Waals surface area contributed by atoms with E-state index in [4.69, 9.17) is 4.52 Å². The first-order valence-electron chi connectivity index (χ1n) is 8.66. The highest BCUT2D eigenvalue weighted by molar-refractivity contribution is 6.07. The van der Waals surface area contributed by atoms with Crippen molar-refractivity contribution in [1.82, 2.24) is 20.8 Å². The lowest BCUT2D eigenvalue weighted by molar-refractivity contribution is 0.0952. The molecule has 1 aromatic carbocycles. The average Bonchev–Trinajstić information content (AvgIpc) is 3.30. The Morgan fingerprint density at radius 2 is 2.15 bits per heavy atom. The van der Waals surface area contributed by atoms with Crippen molar-refractivity contribution in [2.24, 2.45) is 0 Å². The summed E-state index contributed by atoms with van der Waals surface area (Å²) in [6.45, 7) is 3.33. The van der Waals surface area contributed by atoms with Gasteiger partial charge in [-0.1, -0.05) is 5.16 Å². The van der Waals surface area contributed by atoms with Crippen LogP contribution in [0.3, 0.4) is 0 Å². The van der Waals surface area contributed by atoms with E-state index in [0.29, 0.717) is 46.2 Å². The molecule has 4 rings (SSSR count). The maximum absolute atomic E-state index is 13.2. The second kappa shape index (κ2) is 8.02. The van der Waals surface area contributed by atoms with Crippen molar-refractivity contribution in [3.05, 3.63) is 47.4 Å². The van der Waals surface area contributed by atoms with Crippen LogP contribution in [0.2, 0.25) is 0 Å². The summed E-state index contributed by atoms with van der Waals surface area (Å²) in [5, 5.41) is 10.9. The zero-order chi connectivity index (χ0) is 18.1. The molecule has 1 aliphatic rings. The molecular formula is C19H20ClFN4O2. The van der Waals surface area contributed by atoms with E-state index < -0.39 is 0 Å². The molecule has 0 saturated carbocycles. The van der Waals surface area contributed by atoms with Crippen LogP contribution in [0.15, 0.2) is 34.9 Å². The summed E-state index contributed by atoms with van der Waals surface area (Å²) in [7, 11) is 0. The Morgan fingerprint density at radius 1 is 1.37 bits per heavy atom. The number of nitrogens with zero attached hydrogens (tertiary/aromatic N) is 2. The molecule has 1 amide bonds. The van der Waals surface area contributed by atoms with Gasteiger partial charge < -0.3 is 15.2 Å². The Labute approximate surface area is 161 Å². The number of aryl methyl sites for hydroxylation is 1. The van der Waals surface area contributed by atoms with Gasteiger partial charge in [-0.25, -0.2) is 9.37 Å². The average molecular weight is 391 g/mol. The summed E-state index contributed by atoms with van der Waals surface area (Å²) < 4.78 is 18.5. The number of hydrogen-bond donors (Lipinski definition) is 2. The Kier molecular flexibility index (Phi) is 5.72. The smallest absolute Gasteiger partial charge is 0.259 e. The highest BCUT2D eigenvalue weighted by Crippen LogP contribution is 2.27. The number of nitrogens with one attached hydrogen (secondary N) is 2. The van der Waals surface area contributed by atoms with E-state index >= 15 is 0 Å². The summed E-state index contributed by atoms with van der Waals surface area (Å²) in [6, 6.07) is 7.97. The summed E-state index contributed by atoms with van der Waals surface area (Å²) in [5.41, 5.74) is 2.62. The molecule has 0 aliphatic carbocycles. The number of carbonyl (C=O) groups is 1. The van der Waals surface area contributed by atoms with Crippen LogP contribution in [0.5, 0.6) is 0 Å². The molecule has 3 heterocycles. The number of pyridine rings is 1. The van der Waals surface area contributed by atoms with Gasteiger partial charge in [-0.3, -0.25) is 4.79 Å². The molecule has 0 spiro atoms. The predicted octanol–water partition coefficient (Wildman–Crippen LogP) is 3.24. The van der Waals surface area contributed by atoms with Crippen LogP contribution >= 0.6 is 12.4 Å². The van der Waals surface area contributed by atoms with Crippen molar-refractivity contribution in [3.8, 4) is 11.3 Å². The first-order chi connectivity index (χ1) is 12.6. The third-order valence-electron chi connectivity index (χ3n) is 4.67. The van der Waals surface area contributed by atoms with Crippen molar-refractivity contribution in [2.45, 2.75) is 25.8 Å². The van der Waals surface area contributed by atoms with Crippen LogP contribution in [0, 0.1) is 12.7 Å². The van der Waals surface area contributed by atoms with Gasteiger partial charge in [0, 0.05) is 18.2 Å². The molecule has 2 aromatic heterocycles. The minimum Gasteiger partial charge on any atom is -0.350 e. The number of halogens is 2. The standard InChI is InChI=1S/C19H19FN4O2.ClH/c1-11-17-15(18(25)22-10-14-3-2-8-21-14)9-16(23-19(17)26-24-11)12-4-6-13(20)7-5-12;/h4-7,9,14,21H,2-3,8,10H2,1H3,(H,22,25);1H. The van der Waals surface area contributed by atoms with Gasteiger partial charge in [-0.05, 0) is 56.6 Å². The van der Waals surface area contributed by atoms with Crippen molar-refractivity contribution < 1.29 is 13.7 Å². The summed E-state index contributed by atoms with van der Waals surface area (Å²) in [6.07, 6.45) is 2.18. The largest absolute Gasteiger partial charge is 0.350 e. The fourth-order valence-electron chi connectivity index (χ4n) is 3.28. The maximum atomic E-state index is 13.2. The lowest BCUT2D eigenvalue weighted by atomic mass is 10.0. The van der Waals surface area contributed by atoms with Gasteiger partial charge in [0.15, 0.2) is 0 Å². The number of benzene rings is 1. The molecule has 1 aliphatic heterocycles. The first-order valence-corrected chi connectivity index (χ1v) is 8.66. The molecule has 3 aromatic rings. The molecule has 1 atom stereocenters. The van der Waals surface area contributed by atoms with Crippen LogP contribution in [-0.2, 0) is 0 Å². The van der Waals surface area contributed by atoms with E-state index in [9.17, 15) is 9.18 Å². The third-order valence-corrected chi connectivity index (χ3v) is 4.67. The number of aromatic nitrogens is 2. The SMILES string of the molecule is Cc1noc2nc(-c3ccc(F)cc3)cc(C(=O)NCC3CCCN3)c12.Cl. The Morgan fingerprint density at radius 3 is 2.85 bits per heavy atom. The number of carbonyl (C=O) groups excluding carboxylic acids is 1. The zero-order valence-electron chi connectivity index (χ0n) is 14.8. The van der Waals surface area contributed by atoms with Gasteiger partial charge in [0.1, 0.15) is 5.82 Å². The second-order valence-corrected chi connectivity index (χ2v) is 6.51. The van der Waals surface area contributed by atoms with Crippen LogP contribution in [0.1, 0.15) is 28.9 Å². The minimum atomic E-state index is -0.327. The van der Waals surface area contributed by atoms with Crippen LogP contribution in [-0.4, -0.2) is 35.2 Å². The normalized spacial score (nSPS) is 16.3. The number of rotatable bonds is 4. The molecule has 1 fully saturated rings. The predicted molar refractivity (Wildman–Crippen MR) is 103 cm³/mol. The molecule has 0 radical (unpaired) electrons. The lowest BCUT2D eigenvalue weighted by Gasteiger charge is -2.12. The van der Waals surface area contributed by atoms with Gasteiger partial charge >= 0.3 is 0 Å². The number of hydrogen-bond acceptors (Lipinski definition) is 5. The fraction of sp³-hybridized carbons (Fsp3) is 0.316. The van der Waals surface area contributed by atoms with E-state index in [1.807, 2.05) is 0 Å². The molecule has 0 bridgehead atoms. The van der Waals surface area contributed by atoms with Gasteiger partial charge in [-0.15, -0.1) is 12.4 Å². The molecular weight excluding hydrogens is 371 g/mol. The summed E-state index contributed by atoms with van der Waals surface area (Å²) in [4.78, 5) is 17.2. The molecule has 1 saturated heterocycles. The zero-order valence-corrected chi connectivity index (χ0v) is 15.6. The van der Waals surface area contributed by atoms with Gasteiger partial charge in [-0.2, -0.15) is 0 Å². The van der Waals surface area contributed by atoms with Crippen molar-refractivity contribution in [2.75, 3.05) is 13.1 Å². The van der Waals surface area contributed by atoms with E-state index in [1.165, 1.54) is 12.1 Å². The molecule has 27 heavy (non-hydrogen) atoms. The molecule has 1 unspecified atom stereocenters. The highest BCUT2D eigenvalue weighted by atomic mass is 35.5. The third kappa shape index (κ3) is 3.94. The van der Waals surface area contributed by atoms with E-state index in [2.05, 4.69) is 20.8 Å². The highest BCUT2D eigenvalue weighted by Gasteiger charge is 2.21. The molecule has 8 heteroatoms. The molecule has 2 N–H and O–H groups in total. The Balaban J connectivity index is 0.00000210. The van der Waals surface area contributed by atoms with Gasteiger partial charge in [0.25, 0.3) is 11.6 Å². The lowest BCUT2D eigenvalue weighted by Crippen LogP contribution is -2.37. The topological polar surface area (TPSA) is 80.0 Å². The molecule has 142 valence electrons. The summed E-state index contributed by atoms with van der Waals surface area (Å²) in [5.74, 6) is -0.520. The first kappa shape index (κ1) is 19.3. The van der Waals surface area contributed by atoms with Crippen molar-refractivity contribution in [3.63, 3.8) is 0 Å². The second-order valence-electron chi connectivity index (χ2n) is 6.51. The van der Waals surface area contributed by atoms with Gasteiger partial charge in [0.05, 0.1) is 22.3 Å². The summed E-state index contributed by atoms with van der Waals surface area (Å²) >= 11 is 0. The number of fused-ring (bicyclic) bond motifs is 1. The van der Waals surface area contributed by atoms with Crippen LogP contribution in [0.4, 0.5) is 4.39 Å². The van der Waals surface area contributed by atoms with Gasteiger partial charge in [0.2, 0.25) is 0 Å².